The van der Waals surface area contributed by atoms with Crippen LogP contribution in [-0.4, -0.2) is 25.5 Å². The molecular weight excluding hydrogens is 222 g/mol. The fraction of sp³-hybridized carbons (Fsp3) is 1.00. The molecule has 2 aliphatic carbocycles. The molecular formula is C12H21NO2S. The third-order valence-electron chi connectivity index (χ3n) is 4.97. The summed E-state index contributed by atoms with van der Waals surface area (Å²) in [6.07, 6.45) is 7.09. The first-order valence-electron chi connectivity index (χ1n) is 6.45. The standard InChI is InChI=1S/C12H21NO2S/c13-12(3-4-16(14,15)8-12)7-11-6-9-1-2-10(11)5-9/h9-11H,1-8,13H2. The van der Waals surface area contributed by atoms with Crippen molar-refractivity contribution in [2.75, 3.05) is 11.5 Å². The molecule has 3 fully saturated rings. The van der Waals surface area contributed by atoms with Crippen LogP contribution in [0.25, 0.3) is 0 Å². The zero-order valence-electron chi connectivity index (χ0n) is 9.69. The molecule has 4 heteroatoms. The van der Waals surface area contributed by atoms with Gasteiger partial charge in [-0.1, -0.05) is 6.42 Å². The maximum atomic E-state index is 11.5. The lowest BCUT2D eigenvalue weighted by molar-refractivity contribution is 0.254. The van der Waals surface area contributed by atoms with E-state index in [0.717, 1.165) is 24.2 Å². The number of rotatable bonds is 2. The average Bonchev–Trinajstić information content (AvgIpc) is 2.80. The number of hydrogen-bond donors (Lipinski definition) is 1. The Labute approximate surface area is 97.7 Å². The van der Waals surface area contributed by atoms with Crippen LogP contribution in [0.1, 0.15) is 38.5 Å². The molecule has 4 atom stereocenters. The van der Waals surface area contributed by atoms with E-state index in [4.69, 9.17) is 5.73 Å². The van der Waals surface area contributed by atoms with E-state index in [-0.39, 0.29) is 5.75 Å². The monoisotopic (exact) mass is 243 g/mol. The Bertz CT molecular complexity index is 392. The Kier molecular flexibility index (Phi) is 2.38. The number of hydrogen-bond acceptors (Lipinski definition) is 3. The van der Waals surface area contributed by atoms with Gasteiger partial charge in [0.05, 0.1) is 11.5 Å². The minimum Gasteiger partial charge on any atom is -0.324 e. The smallest absolute Gasteiger partial charge is 0.152 e. The normalized spacial score (nSPS) is 49.9. The fourth-order valence-corrected chi connectivity index (χ4v) is 6.25. The van der Waals surface area contributed by atoms with Gasteiger partial charge in [-0.3, -0.25) is 0 Å². The van der Waals surface area contributed by atoms with Crippen LogP contribution >= 0.6 is 0 Å². The largest absolute Gasteiger partial charge is 0.324 e. The molecule has 2 bridgehead atoms. The number of fused-ring (bicyclic) bond motifs is 2. The van der Waals surface area contributed by atoms with Gasteiger partial charge >= 0.3 is 0 Å². The van der Waals surface area contributed by atoms with Crippen LogP contribution in [0.2, 0.25) is 0 Å². The van der Waals surface area contributed by atoms with Gasteiger partial charge in [0.15, 0.2) is 9.84 Å². The Morgan fingerprint density at radius 3 is 2.56 bits per heavy atom. The highest BCUT2D eigenvalue weighted by Crippen LogP contribution is 2.51. The lowest BCUT2D eigenvalue weighted by Gasteiger charge is -2.30. The van der Waals surface area contributed by atoms with E-state index in [2.05, 4.69) is 0 Å². The van der Waals surface area contributed by atoms with Crippen molar-refractivity contribution in [3.8, 4) is 0 Å². The van der Waals surface area contributed by atoms with Crippen molar-refractivity contribution in [1.29, 1.82) is 0 Å². The number of nitrogens with two attached hydrogens (primary N) is 1. The third kappa shape index (κ3) is 1.90. The van der Waals surface area contributed by atoms with E-state index in [1.165, 1.54) is 25.7 Å². The van der Waals surface area contributed by atoms with E-state index in [9.17, 15) is 8.42 Å². The van der Waals surface area contributed by atoms with E-state index in [0.29, 0.717) is 12.2 Å². The summed E-state index contributed by atoms with van der Waals surface area (Å²) in [5, 5.41) is 0. The van der Waals surface area contributed by atoms with Gasteiger partial charge < -0.3 is 5.73 Å². The molecule has 0 aromatic heterocycles. The van der Waals surface area contributed by atoms with E-state index in [1.54, 1.807) is 0 Å². The summed E-state index contributed by atoms with van der Waals surface area (Å²) in [6, 6.07) is 0. The van der Waals surface area contributed by atoms with Crippen molar-refractivity contribution in [2.24, 2.45) is 23.5 Å². The summed E-state index contributed by atoms with van der Waals surface area (Å²) in [6.45, 7) is 0. The highest BCUT2D eigenvalue weighted by Gasteiger charge is 2.46. The molecule has 0 radical (unpaired) electrons. The Balaban J connectivity index is 1.67. The molecule has 1 aliphatic heterocycles. The molecule has 0 amide bonds. The molecule has 1 heterocycles. The van der Waals surface area contributed by atoms with Crippen LogP contribution in [-0.2, 0) is 9.84 Å². The molecule has 4 unspecified atom stereocenters. The first-order valence-corrected chi connectivity index (χ1v) is 8.27. The Morgan fingerprint density at radius 2 is 2.06 bits per heavy atom. The second-order valence-corrected chi connectivity index (χ2v) is 8.53. The topological polar surface area (TPSA) is 60.2 Å². The molecule has 0 aromatic carbocycles. The van der Waals surface area contributed by atoms with Gasteiger partial charge in [-0.25, -0.2) is 8.42 Å². The molecule has 16 heavy (non-hydrogen) atoms. The minimum atomic E-state index is -2.83. The van der Waals surface area contributed by atoms with Crippen molar-refractivity contribution >= 4 is 9.84 Å². The van der Waals surface area contributed by atoms with Gasteiger partial charge in [0.25, 0.3) is 0 Å². The first kappa shape index (κ1) is 11.0. The van der Waals surface area contributed by atoms with Gasteiger partial charge in [0.1, 0.15) is 0 Å². The molecule has 3 rings (SSSR count). The number of sulfone groups is 1. The van der Waals surface area contributed by atoms with Gasteiger partial charge in [0.2, 0.25) is 0 Å². The van der Waals surface area contributed by atoms with Crippen molar-refractivity contribution in [2.45, 2.75) is 44.1 Å². The fourth-order valence-electron chi connectivity index (χ4n) is 4.25. The molecule has 3 aliphatic rings. The SMILES string of the molecule is NC1(CC2CC3CCC2C3)CCS(=O)(=O)C1. The highest BCUT2D eigenvalue weighted by atomic mass is 32.2. The van der Waals surface area contributed by atoms with Crippen molar-refractivity contribution < 1.29 is 8.42 Å². The van der Waals surface area contributed by atoms with Gasteiger partial charge in [-0.2, -0.15) is 0 Å². The van der Waals surface area contributed by atoms with Gasteiger partial charge in [-0.05, 0) is 49.9 Å². The second-order valence-electron chi connectivity index (χ2n) is 6.34. The van der Waals surface area contributed by atoms with Gasteiger partial charge in [0, 0.05) is 5.54 Å². The van der Waals surface area contributed by atoms with E-state index >= 15 is 0 Å². The molecule has 0 spiro atoms. The van der Waals surface area contributed by atoms with Crippen LogP contribution in [0.5, 0.6) is 0 Å². The van der Waals surface area contributed by atoms with Crippen LogP contribution < -0.4 is 5.73 Å². The summed E-state index contributed by atoms with van der Waals surface area (Å²) < 4.78 is 23.0. The highest BCUT2D eigenvalue weighted by molar-refractivity contribution is 7.91. The Hall–Kier alpha value is -0.0900. The van der Waals surface area contributed by atoms with Crippen LogP contribution in [0, 0.1) is 17.8 Å². The summed E-state index contributed by atoms with van der Waals surface area (Å²) >= 11 is 0. The van der Waals surface area contributed by atoms with Crippen LogP contribution in [0.3, 0.4) is 0 Å². The lowest BCUT2D eigenvalue weighted by Crippen LogP contribution is -2.43. The van der Waals surface area contributed by atoms with Crippen molar-refractivity contribution in [3.05, 3.63) is 0 Å². The van der Waals surface area contributed by atoms with Gasteiger partial charge in [-0.15, -0.1) is 0 Å². The zero-order valence-corrected chi connectivity index (χ0v) is 10.5. The maximum Gasteiger partial charge on any atom is 0.152 e. The molecule has 0 aromatic rings. The summed E-state index contributed by atoms with van der Waals surface area (Å²) in [5.74, 6) is 3.04. The molecule has 2 N–H and O–H groups in total. The average molecular weight is 243 g/mol. The van der Waals surface area contributed by atoms with E-state index in [1.807, 2.05) is 0 Å². The first-order chi connectivity index (χ1) is 7.46. The van der Waals surface area contributed by atoms with Crippen LogP contribution in [0.4, 0.5) is 0 Å². The van der Waals surface area contributed by atoms with Crippen molar-refractivity contribution in [3.63, 3.8) is 0 Å². The van der Waals surface area contributed by atoms with Crippen molar-refractivity contribution in [1.82, 2.24) is 0 Å². The zero-order chi connectivity index (χ0) is 11.4. The summed E-state index contributed by atoms with van der Waals surface area (Å²) in [4.78, 5) is 0. The molecule has 92 valence electrons. The summed E-state index contributed by atoms with van der Waals surface area (Å²) in [7, 11) is -2.83. The molecule has 2 saturated carbocycles. The second kappa shape index (κ2) is 3.45. The predicted molar refractivity (Wildman–Crippen MR) is 63.7 cm³/mol. The molecule has 1 saturated heterocycles. The molecule has 3 nitrogen and oxygen atoms in total. The predicted octanol–water partition coefficient (Wildman–Crippen LogP) is 1.33. The summed E-state index contributed by atoms with van der Waals surface area (Å²) in [5.41, 5.74) is 5.87. The van der Waals surface area contributed by atoms with Crippen LogP contribution in [0.15, 0.2) is 0 Å². The maximum absolute atomic E-state index is 11.5. The third-order valence-corrected chi connectivity index (χ3v) is 6.81. The Morgan fingerprint density at radius 1 is 1.25 bits per heavy atom. The quantitative estimate of drug-likeness (QED) is 0.796. The lowest BCUT2D eigenvalue weighted by atomic mass is 9.79. The van der Waals surface area contributed by atoms with E-state index < -0.39 is 15.4 Å². The minimum absolute atomic E-state index is 0.230.